The molecule has 0 bridgehead atoms. The van der Waals surface area contributed by atoms with Crippen molar-refractivity contribution in [3.63, 3.8) is 0 Å². The first-order chi connectivity index (χ1) is 23.2. The highest BCUT2D eigenvalue weighted by Gasteiger charge is 2.46. The molecule has 48 heavy (non-hydrogen) atoms. The standard InChI is InChI=1S/C37H49ClN4O6/c1-24(6-4-5-17-40-36(47)41-23-33(45)35(46)32(44)14-19-43)25-9-12-31(38)26(20-25)21-42-37(15-16-37)30-22-39-18-13-28(30)29-7-2-3-8-34(29)48-27-10-11-27/h2-3,7-9,12-13,18,20,22,24,27,32-33,35,42-46H,4-6,10-11,14-17,19,21,23H2,1H3,(H2,40,41,47)/t24-,32+,33-,35-/m0/s1. The molecule has 0 saturated heterocycles. The van der Waals surface area contributed by atoms with Gasteiger partial charge in [0, 0.05) is 54.8 Å². The van der Waals surface area contributed by atoms with Crippen LogP contribution in [0, 0.1) is 0 Å². The Morgan fingerprint density at radius 3 is 2.56 bits per heavy atom. The monoisotopic (exact) mass is 680 g/mol. The van der Waals surface area contributed by atoms with Gasteiger partial charge in [-0.2, -0.15) is 0 Å². The highest BCUT2D eigenvalue weighted by Crippen LogP contribution is 2.50. The number of aliphatic hydroxyl groups is 4. The summed E-state index contributed by atoms with van der Waals surface area (Å²) in [6.45, 7) is 2.78. The van der Waals surface area contributed by atoms with E-state index in [1.54, 1.807) is 0 Å². The van der Waals surface area contributed by atoms with E-state index in [2.05, 4.69) is 64.3 Å². The van der Waals surface area contributed by atoms with Gasteiger partial charge in [0.25, 0.3) is 0 Å². The normalized spacial score (nSPS) is 17.6. The maximum Gasteiger partial charge on any atom is 0.314 e. The lowest BCUT2D eigenvalue weighted by Crippen LogP contribution is -2.47. The molecule has 260 valence electrons. The van der Waals surface area contributed by atoms with Crippen LogP contribution in [0.4, 0.5) is 4.79 Å². The van der Waals surface area contributed by atoms with Crippen LogP contribution in [0.25, 0.3) is 11.1 Å². The van der Waals surface area contributed by atoms with Crippen LogP contribution in [0.5, 0.6) is 5.75 Å². The molecule has 1 aromatic heterocycles. The van der Waals surface area contributed by atoms with Crippen LogP contribution in [0.3, 0.4) is 0 Å². The third-order valence-corrected chi connectivity index (χ3v) is 9.74. The summed E-state index contributed by atoms with van der Waals surface area (Å²) in [7, 11) is 0. The van der Waals surface area contributed by atoms with Gasteiger partial charge in [-0.15, -0.1) is 0 Å². The third kappa shape index (κ3) is 9.68. The van der Waals surface area contributed by atoms with E-state index >= 15 is 0 Å². The first-order valence-corrected chi connectivity index (χ1v) is 17.5. The number of amides is 2. The van der Waals surface area contributed by atoms with Crippen molar-refractivity contribution in [1.82, 2.24) is 20.9 Å². The van der Waals surface area contributed by atoms with Gasteiger partial charge in [0.15, 0.2) is 0 Å². The van der Waals surface area contributed by atoms with Gasteiger partial charge < -0.3 is 41.1 Å². The quantitative estimate of drug-likeness (QED) is 0.0894. The maximum atomic E-state index is 12.1. The van der Waals surface area contributed by atoms with E-state index in [1.165, 1.54) is 11.1 Å². The molecule has 7 N–H and O–H groups in total. The summed E-state index contributed by atoms with van der Waals surface area (Å²) in [6, 6.07) is 16.2. The number of hydrogen-bond acceptors (Lipinski definition) is 8. The Balaban J connectivity index is 1.10. The SMILES string of the molecule is C[C@@H](CCCCNC(=O)NC[C@H](O)[C@@H](O)[C@H](O)CCO)c1ccc(Cl)c(CNC2(c3cnccc3-c3ccccc3OC3CC3)CC2)c1. The molecule has 0 unspecified atom stereocenters. The summed E-state index contributed by atoms with van der Waals surface area (Å²) >= 11 is 6.70. The van der Waals surface area contributed by atoms with Crippen LogP contribution >= 0.6 is 11.6 Å². The number of ether oxygens (including phenoxy) is 1. The number of para-hydroxylation sites is 1. The van der Waals surface area contributed by atoms with Crippen molar-refractivity contribution in [2.24, 2.45) is 0 Å². The molecular formula is C37H49ClN4O6. The molecule has 1 heterocycles. The molecule has 2 fully saturated rings. The van der Waals surface area contributed by atoms with Crippen LogP contribution in [-0.2, 0) is 12.1 Å². The zero-order chi connectivity index (χ0) is 34.1. The van der Waals surface area contributed by atoms with Gasteiger partial charge in [-0.05, 0) is 91.3 Å². The second-order valence-electron chi connectivity index (χ2n) is 13.2. The van der Waals surface area contributed by atoms with E-state index in [0.29, 0.717) is 25.1 Å². The number of halogens is 1. The largest absolute Gasteiger partial charge is 0.490 e. The van der Waals surface area contributed by atoms with Gasteiger partial charge in [0.1, 0.15) is 11.9 Å². The van der Waals surface area contributed by atoms with Crippen molar-refractivity contribution in [1.29, 1.82) is 0 Å². The number of pyridine rings is 1. The highest BCUT2D eigenvalue weighted by molar-refractivity contribution is 6.31. The molecule has 0 spiro atoms. The van der Waals surface area contributed by atoms with Crippen molar-refractivity contribution < 1.29 is 30.0 Å². The number of aliphatic hydroxyl groups excluding tert-OH is 4. The van der Waals surface area contributed by atoms with Gasteiger partial charge in [-0.3, -0.25) is 4.98 Å². The van der Waals surface area contributed by atoms with E-state index in [1.807, 2.05) is 24.5 Å². The number of hydrogen-bond donors (Lipinski definition) is 7. The lowest BCUT2D eigenvalue weighted by Gasteiger charge is -2.23. The summed E-state index contributed by atoms with van der Waals surface area (Å²) < 4.78 is 6.26. The van der Waals surface area contributed by atoms with Gasteiger partial charge in [0.05, 0.1) is 18.3 Å². The fourth-order valence-corrected chi connectivity index (χ4v) is 6.20. The Labute approximate surface area is 287 Å². The average molecular weight is 681 g/mol. The van der Waals surface area contributed by atoms with Gasteiger partial charge in [0.2, 0.25) is 0 Å². The summed E-state index contributed by atoms with van der Waals surface area (Å²) in [4.78, 5) is 16.6. The molecule has 2 aromatic carbocycles. The number of nitrogens with one attached hydrogen (secondary N) is 3. The minimum absolute atomic E-state index is 0.0582. The number of unbranched alkanes of at least 4 members (excludes halogenated alkanes) is 1. The van der Waals surface area contributed by atoms with Crippen molar-refractivity contribution in [3.8, 4) is 16.9 Å². The summed E-state index contributed by atoms with van der Waals surface area (Å²) in [5.74, 6) is 1.23. The number of urea groups is 1. The predicted molar refractivity (Wildman–Crippen MR) is 186 cm³/mol. The molecule has 2 amide bonds. The summed E-state index contributed by atoms with van der Waals surface area (Å²) in [5, 5.41) is 48.1. The molecule has 2 aliphatic rings. The minimum atomic E-state index is -1.45. The van der Waals surface area contributed by atoms with Gasteiger partial charge in [-0.1, -0.05) is 55.3 Å². The molecule has 0 aliphatic heterocycles. The molecule has 10 nitrogen and oxygen atoms in total. The zero-order valence-electron chi connectivity index (χ0n) is 27.6. The van der Waals surface area contributed by atoms with Crippen LogP contribution in [0.1, 0.15) is 80.9 Å². The third-order valence-electron chi connectivity index (χ3n) is 9.37. The molecule has 2 saturated carbocycles. The molecule has 5 rings (SSSR count). The van der Waals surface area contributed by atoms with Crippen LogP contribution in [0.15, 0.2) is 60.9 Å². The Morgan fingerprint density at radius 2 is 1.81 bits per heavy atom. The maximum absolute atomic E-state index is 12.1. The van der Waals surface area contributed by atoms with Gasteiger partial charge >= 0.3 is 6.03 Å². The second kappa shape index (κ2) is 16.9. The number of nitrogens with zero attached hydrogens (tertiary/aromatic N) is 1. The Morgan fingerprint density at radius 1 is 1.02 bits per heavy atom. The van der Waals surface area contributed by atoms with Gasteiger partial charge in [-0.25, -0.2) is 4.79 Å². The fourth-order valence-electron chi connectivity index (χ4n) is 6.02. The van der Waals surface area contributed by atoms with Crippen molar-refractivity contribution in [3.05, 3.63) is 82.6 Å². The zero-order valence-corrected chi connectivity index (χ0v) is 28.3. The van der Waals surface area contributed by atoms with Crippen LogP contribution in [-0.4, -0.2) is 75.6 Å². The summed E-state index contributed by atoms with van der Waals surface area (Å²) in [5.41, 5.74) is 5.55. The number of rotatable bonds is 19. The van der Waals surface area contributed by atoms with E-state index in [0.717, 1.165) is 72.4 Å². The smallest absolute Gasteiger partial charge is 0.314 e. The van der Waals surface area contributed by atoms with E-state index in [-0.39, 0.29) is 25.1 Å². The number of aromatic nitrogens is 1. The van der Waals surface area contributed by atoms with Crippen molar-refractivity contribution in [2.75, 3.05) is 19.7 Å². The molecule has 3 aromatic rings. The van der Waals surface area contributed by atoms with E-state index in [4.69, 9.17) is 21.4 Å². The minimum Gasteiger partial charge on any atom is -0.490 e. The predicted octanol–water partition coefficient (Wildman–Crippen LogP) is 4.76. The molecule has 11 heteroatoms. The van der Waals surface area contributed by atoms with Crippen LogP contribution < -0.4 is 20.7 Å². The molecule has 2 aliphatic carbocycles. The number of carbonyl (C=O) groups excluding carboxylic acids is 1. The van der Waals surface area contributed by atoms with E-state index < -0.39 is 24.3 Å². The Hall–Kier alpha value is -3.25. The second-order valence-corrected chi connectivity index (χ2v) is 13.6. The summed E-state index contributed by atoms with van der Waals surface area (Å²) in [6.07, 6.45) is 6.94. The molecule has 0 radical (unpaired) electrons. The Bertz CT molecular complexity index is 1500. The van der Waals surface area contributed by atoms with Crippen molar-refractivity contribution >= 4 is 17.6 Å². The first-order valence-electron chi connectivity index (χ1n) is 17.1. The molecular weight excluding hydrogens is 632 g/mol. The Kier molecular flexibility index (Phi) is 12.7. The topological polar surface area (TPSA) is 156 Å². The first kappa shape index (κ1) is 36.0. The number of benzene rings is 2. The highest BCUT2D eigenvalue weighted by atomic mass is 35.5. The number of carbonyl (C=O) groups is 1. The van der Waals surface area contributed by atoms with Crippen molar-refractivity contribution in [2.45, 2.75) is 101 Å². The molecule has 4 atom stereocenters. The van der Waals surface area contributed by atoms with Crippen LogP contribution in [0.2, 0.25) is 5.02 Å². The lowest BCUT2D eigenvalue weighted by molar-refractivity contribution is -0.0634. The van der Waals surface area contributed by atoms with E-state index in [9.17, 15) is 20.1 Å². The lowest BCUT2D eigenvalue weighted by atomic mass is 9.93. The average Bonchev–Trinajstić information content (AvgIpc) is 4.04. The fraction of sp³-hybridized carbons (Fsp3) is 0.514.